The molecule has 1 heterocycles. The van der Waals surface area contributed by atoms with Crippen LogP contribution < -0.4 is 0 Å². The average molecular weight is 428 g/mol. The van der Waals surface area contributed by atoms with E-state index in [0.29, 0.717) is 29.1 Å². The summed E-state index contributed by atoms with van der Waals surface area (Å²) >= 11 is 7.44. The van der Waals surface area contributed by atoms with E-state index in [9.17, 15) is 13.5 Å². The Labute approximate surface area is 168 Å². The van der Waals surface area contributed by atoms with E-state index in [-0.39, 0.29) is 11.2 Å². The molecule has 1 aromatic carbocycles. The van der Waals surface area contributed by atoms with Gasteiger partial charge in [-0.3, -0.25) is 0 Å². The first-order valence-electron chi connectivity index (χ1n) is 8.49. The summed E-state index contributed by atoms with van der Waals surface area (Å²) in [6.45, 7) is 5.86. The number of benzene rings is 1. The molecule has 1 atom stereocenters. The van der Waals surface area contributed by atoms with Crippen LogP contribution in [0.3, 0.4) is 0 Å². The molecule has 146 valence electrons. The van der Waals surface area contributed by atoms with Gasteiger partial charge in [0.25, 0.3) is 0 Å². The number of allylic oxidation sites excluding steroid dienone is 1. The van der Waals surface area contributed by atoms with Crippen molar-refractivity contribution in [3.05, 3.63) is 45.6 Å². The molecule has 1 N–H and O–H groups in total. The first-order chi connectivity index (χ1) is 12.5. The van der Waals surface area contributed by atoms with Gasteiger partial charge in [0.15, 0.2) is 0 Å². The number of aliphatic hydroxyl groups is 1. The van der Waals surface area contributed by atoms with Gasteiger partial charge in [0.1, 0.15) is 10.8 Å². The van der Waals surface area contributed by atoms with Crippen LogP contribution >= 0.6 is 22.9 Å². The zero-order valence-corrected chi connectivity index (χ0v) is 18.0. The molecule has 1 aromatic heterocycles. The second-order valence-corrected chi connectivity index (χ2v) is 10.8. The zero-order valence-electron chi connectivity index (χ0n) is 15.6. The van der Waals surface area contributed by atoms with Crippen LogP contribution in [0.1, 0.15) is 37.3 Å². The lowest BCUT2D eigenvalue weighted by Crippen LogP contribution is -2.30. The largest absolute Gasteiger partial charge is 0.388 e. The maximum absolute atomic E-state index is 11.8. The van der Waals surface area contributed by atoms with Gasteiger partial charge in [-0.25, -0.2) is 4.98 Å². The molecule has 0 spiro atoms. The Balaban J connectivity index is 2.12. The molecule has 1 aliphatic carbocycles. The highest BCUT2D eigenvalue weighted by molar-refractivity contribution is 7.86. The summed E-state index contributed by atoms with van der Waals surface area (Å²) in [7, 11) is -3.71. The van der Waals surface area contributed by atoms with Crippen molar-refractivity contribution >= 4 is 38.6 Å². The third-order valence-corrected chi connectivity index (χ3v) is 6.19. The predicted octanol–water partition coefficient (Wildman–Crippen LogP) is 4.64. The molecular formula is C19H22ClNO4S2. The number of hydrogen-bond donors (Lipinski definition) is 1. The standard InChI is InChI=1S/C19H22ClNO4S2/c1-11-17(21-18(26-11)12-5-7-13(20)8-6-12)16-14(22)9-19(2,3)10-15(16)25-27(4,23)24/h5-8,14,22H,9-10H2,1-4H3. The van der Waals surface area contributed by atoms with Crippen LogP contribution in [0.4, 0.5) is 0 Å². The van der Waals surface area contributed by atoms with E-state index in [0.717, 1.165) is 21.7 Å². The lowest BCUT2D eigenvalue weighted by atomic mass is 9.75. The summed E-state index contributed by atoms with van der Waals surface area (Å²) in [6.07, 6.45) is 1.09. The number of aryl methyl sites for hydroxylation is 1. The van der Waals surface area contributed by atoms with E-state index in [2.05, 4.69) is 0 Å². The summed E-state index contributed by atoms with van der Waals surface area (Å²) in [4.78, 5) is 5.59. The van der Waals surface area contributed by atoms with Crippen LogP contribution in [0, 0.1) is 12.3 Å². The molecule has 0 aliphatic heterocycles. The molecular weight excluding hydrogens is 406 g/mol. The first kappa shape index (κ1) is 20.3. The minimum atomic E-state index is -3.71. The van der Waals surface area contributed by atoms with Gasteiger partial charge in [-0.15, -0.1) is 11.3 Å². The number of hydrogen-bond acceptors (Lipinski definition) is 6. The number of aliphatic hydroxyl groups excluding tert-OH is 1. The van der Waals surface area contributed by atoms with E-state index in [1.54, 1.807) is 12.1 Å². The van der Waals surface area contributed by atoms with Gasteiger partial charge in [0.2, 0.25) is 0 Å². The number of thiazole rings is 1. The van der Waals surface area contributed by atoms with E-state index < -0.39 is 16.2 Å². The van der Waals surface area contributed by atoms with Crippen LogP contribution in [0.2, 0.25) is 5.02 Å². The minimum Gasteiger partial charge on any atom is -0.388 e. The Hall–Kier alpha value is -1.41. The maximum atomic E-state index is 11.8. The normalized spacial score (nSPS) is 20.0. The summed E-state index contributed by atoms with van der Waals surface area (Å²) in [6, 6.07) is 7.35. The van der Waals surface area contributed by atoms with Crippen molar-refractivity contribution in [1.82, 2.24) is 4.98 Å². The van der Waals surface area contributed by atoms with E-state index in [1.807, 2.05) is 32.9 Å². The third kappa shape index (κ3) is 4.71. The van der Waals surface area contributed by atoms with Crippen LogP contribution in [0.5, 0.6) is 0 Å². The molecule has 5 nitrogen and oxygen atoms in total. The fourth-order valence-electron chi connectivity index (χ4n) is 3.32. The van der Waals surface area contributed by atoms with Crippen LogP contribution in [-0.2, 0) is 14.3 Å². The van der Waals surface area contributed by atoms with Crippen LogP contribution in [0.25, 0.3) is 16.1 Å². The number of nitrogens with zero attached hydrogens (tertiary/aromatic N) is 1. The fraction of sp³-hybridized carbons (Fsp3) is 0.421. The topological polar surface area (TPSA) is 76.5 Å². The van der Waals surface area contributed by atoms with E-state index in [4.69, 9.17) is 20.8 Å². The van der Waals surface area contributed by atoms with Crippen molar-refractivity contribution in [1.29, 1.82) is 0 Å². The van der Waals surface area contributed by atoms with Crippen molar-refractivity contribution in [2.75, 3.05) is 6.26 Å². The Kier molecular flexibility index (Phi) is 5.42. The Morgan fingerprint density at radius 3 is 2.52 bits per heavy atom. The molecule has 0 amide bonds. The lowest BCUT2D eigenvalue weighted by Gasteiger charge is -2.35. The van der Waals surface area contributed by atoms with Crippen LogP contribution in [-0.4, -0.2) is 30.9 Å². The smallest absolute Gasteiger partial charge is 0.305 e. The monoisotopic (exact) mass is 427 g/mol. The van der Waals surface area contributed by atoms with Crippen molar-refractivity contribution in [3.63, 3.8) is 0 Å². The summed E-state index contributed by atoms with van der Waals surface area (Å²) in [5.41, 5.74) is 1.70. The van der Waals surface area contributed by atoms with Crippen LogP contribution in [0.15, 0.2) is 30.0 Å². The van der Waals surface area contributed by atoms with Gasteiger partial charge in [0, 0.05) is 27.5 Å². The molecule has 3 rings (SSSR count). The fourth-order valence-corrected chi connectivity index (χ4v) is 4.90. The van der Waals surface area contributed by atoms with Crippen molar-refractivity contribution < 1.29 is 17.7 Å². The molecule has 8 heteroatoms. The van der Waals surface area contributed by atoms with Gasteiger partial charge >= 0.3 is 10.1 Å². The lowest BCUT2D eigenvalue weighted by molar-refractivity contribution is 0.133. The third-order valence-electron chi connectivity index (χ3n) is 4.41. The molecule has 0 radical (unpaired) electrons. The molecule has 1 unspecified atom stereocenters. The van der Waals surface area contributed by atoms with Gasteiger partial charge in [-0.05, 0) is 30.9 Å². The molecule has 1 aliphatic rings. The molecule has 0 bridgehead atoms. The molecule has 0 saturated heterocycles. The minimum absolute atomic E-state index is 0.272. The number of halogens is 1. The molecule has 2 aromatic rings. The maximum Gasteiger partial charge on any atom is 0.305 e. The van der Waals surface area contributed by atoms with E-state index >= 15 is 0 Å². The Morgan fingerprint density at radius 1 is 1.30 bits per heavy atom. The second-order valence-electron chi connectivity index (χ2n) is 7.62. The molecule has 0 saturated carbocycles. The molecule has 27 heavy (non-hydrogen) atoms. The summed E-state index contributed by atoms with van der Waals surface area (Å²) in [5.74, 6) is 0.275. The quantitative estimate of drug-likeness (QED) is 0.719. The zero-order chi connectivity index (χ0) is 20.0. The van der Waals surface area contributed by atoms with Crippen molar-refractivity contribution in [2.24, 2.45) is 5.41 Å². The second kappa shape index (κ2) is 7.20. The van der Waals surface area contributed by atoms with E-state index in [1.165, 1.54) is 11.3 Å². The first-order valence-corrected chi connectivity index (χ1v) is 11.5. The Morgan fingerprint density at radius 2 is 1.93 bits per heavy atom. The number of rotatable bonds is 4. The van der Waals surface area contributed by atoms with Gasteiger partial charge in [-0.1, -0.05) is 37.6 Å². The summed E-state index contributed by atoms with van der Waals surface area (Å²) < 4.78 is 28.8. The average Bonchev–Trinajstić information content (AvgIpc) is 2.86. The molecule has 0 fully saturated rings. The van der Waals surface area contributed by atoms with Gasteiger partial charge in [0.05, 0.1) is 18.1 Å². The van der Waals surface area contributed by atoms with Gasteiger partial charge < -0.3 is 9.29 Å². The SMILES string of the molecule is Cc1sc(-c2ccc(Cl)cc2)nc1C1=C(OS(C)(=O)=O)CC(C)(C)CC1O. The highest BCUT2D eigenvalue weighted by atomic mass is 35.5. The summed E-state index contributed by atoms with van der Waals surface area (Å²) in [5, 5.41) is 12.2. The van der Waals surface area contributed by atoms with Crippen molar-refractivity contribution in [2.45, 2.75) is 39.7 Å². The van der Waals surface area contributed by atoms with Crippen molar-refractivity contribution in [3.8, 4) is 10.6 Å². The highest BCUT2D eigenvalue weighted by Gasteiger charge is 2.37. The highest BCUT2D eigenvalue weighted by Crippen LogP contribution is 2.45. The number of aromatic nitrogens is 1. The Bertz CT molecular complexity index is 991. The predicted molar refractivity (Wildman–Crippen MR) is 109 cm³/mol. The van der Waals surface area contributed by atoms with Gasteiger partial charge in [-0.2, -0.15) is 8.42 Å².